The van der Waals surface area contributed by atoms with Gasteiger partial charge in [0.1, 0.15) is 11.6 Å². The van der Waals surface area contributed by atoms with Crippen LogP contribution in [0.25, 0.3) is 17.4 Å². The Morgan fingerprint density at radius 1 is 1.25 bits per heavy atom. The topological polar surface area (TPSA) is 108 Å². The molecule has 0 spiro atoms. The standard InChI is InChI=1S/C22H28N6O4/c1-14-12-15(2)28(26-14)19-13-18(23-21(25-19)17-8-7-16(3)31-17)24-22(29)32-20-6-5-9-27(20)10-11-30-4/h7-8,12-13,20H,5-6,9-11H2,1-4H3,(H,23,24,25,29)/t20-/m1/s1. The molecule has 0 aromatic carbocycles. The molecule has 1 amide bonds. The number of likely N-dealkylation sites (tertiary alicyclic amines) is 1. The van der Waals surface area contributed by atoms with E-state index < -0.39 is 6.09 Å². The van der Waals surface area contributed by atoms with E-state index in [0.29, 0.717) is 36.4 Å². The lowest BCUT2D eigenvalue weighted by molar-refractivity contribution is 0.00877. The average Bonchev–Trinajstić information content (AvgIpc) is 3.46. The van der Waals surface area contributed by atoms with E-state index in [2.05, 4.69) is 25.3 Å². The predicted octanol–water partition coefficient (Wildman–Crippen LogP) is 3.46. The highest BCUT2D eigenvalue weighted by molar-refractivity contribution is 5.84. The zero-order valence-electron chi connectivity index (χ0n) is 18.8. The van der Waals surface area contributed by atoms with E-state index in [1.165, 1.54) is 0 Å². The number of ether oxygens (including phenoxy) is 2. The number of anilines is 1. The summed E-state index contributed by atoms with van der Waals surface area (Å²) >= 11 is 0. The molecule has 32 heavy (non-hydrogen) atoms. The molecule has 1 aliphatic heterocycles. The van der Waals surface area contributed by atoms with E-state index in [1.807, 2.05) is 32.9 Å². The highest BCUT2D eigenvalue weighted by Gasteiger charge is 2.27. The van der Waals surface area contributed by atoms with Gasteiger partial charge in [0.05, 0.1) is 12.3 Å². The molecule has 10 heteroatoms. The van der Waals surface area contributed by atoms with Crippen molar-refractivity contribution in [2.75, 3.05) is 32.1 Å². The Labute approximate surface area is 186 Å². The van der Waals surface area contributed by atoms with Crippen molar-refractivity contribution < 1.29 is 18.7 Å². The van der Waals surface area contributed by atoms with Crippen LogP contribution in [0.2, 0.25) is 0 Å². The van der Waals surface area contributed by atoms with Gasteiger partial charge in [-0.25, -0.2) is 19.4 Å². The third-order valence-electron chi connectivity index (χ3n) is 5.26. The molecular weight excluding hydrogens is 412 g/mol. The maximum atomic E-state index is 12.7. The number of nitrogens with zero attached hydrogens (tertiary/aromatic N) is 5. The van der Waals surface area contributed by atoms with Crippen LogP contribution in [0.1, 0.15) is 30.0 Å². The molecule has 1 N–H and O–H groups in total. The molecule has 0 bridgehead atoms. The van der Waals surface area contributed by atoms with Crippen LogP contribution in [0.4, 0.5) is 10.6 Å². The molecule has 4 rings (SSSR count). The highest BCUT2D eigenvalue weighted by Crippen LogP contribution is 2.23. The number of methoxy groups -OCH3 is 1. The Kier molecular flexibility index (Phi) is 6.52. The number of hydrogen-bond acceptors (Lipinski definition) is 8. The first kappa shape index (κ1) is 22.0. The average molecular weight is 441 g/mol. The molecule has 1 atom stereocenters. The summed E-state index contributed by atoms with van der Waals surface area (Å²) in [7, 11) is 1.66. The normalized spacial score (nSPS) is 16.4. The van der Waals surface area contributed by atoms with Gasteiger partial charge in [-0.05, 0) is 51.8 Å². The summed E-state index contributed by atoms with van der Waals surface area (Å²) in [5, 5.41) is 7.24. The van der Waals surface area contributed by atoms with Crippen LogP contribution < -0.4 is 5.32 Å². The summed E-state index contributed by atoms with van der Waals surface area (Å²) in [4.78, 5) is 23.8. The number of furan rings is 1. The number of aryl methyl sites for hydroxylation is 3. The van der Waals surface area contributed by atoms with Gasteiger partial charge in [0.25, 0.3) is 0 Å². The molecule has 0 aliphatic carbocycles. The minimum absolute atomic E-state index is 0.283. The van der Waals surface area contributed by atoms with Gasteiger partial charge in [-0.2, -0.15) is 5.10 Å². The molecule has 1 saturated heterocycles. The van der Waals surface area contributed by atoms with Crippen molar-refractivity contribution in [1.82, 2.24) is 24.6 Å². The maximum absolute atomic E-state index is 12.7. The van der Waals surface area contributed by atoms with Crippen molar-refractivity contribution in [3.05, 3.63) is 41.4 Å². The molecule has 170 valence electrons. The molecule has 0 saturated carbocycles. The van der Waals surface area contributed by atoms with Gasteiger partial charge in [0, 0.05) is 32.0 Å². The lowest BCUT2D eigenvalue weighted by Crippen LogP contribution is -2.36. The van der Waals surface area contributed by atoms with Crippen molar-refractivity contribution >= 4 is 11.9 Å². The van der Waals surface area contributed by atoms with Crippen molar-refractivity contribution in [3.8, 4) is 17.4 Å². The summed E-state index contributed by atoms with van der Waals surface area (Å²) in [6.07, 6.45) is 0.905. The van der Waals surface area contributed by atoms with Crippen molar-refractivity contribution in [2.24, 2.45) is 0 Å². The molecule has 0 unspecified atom stereocenters. The largest absolute Gasteiger partial charge is 0.458 e. The zero-order chi connectivity index (χ0) is 22.7. The van der Waals surface area contributed by atoms with Crippen LogP contribution in [0, 0.1) is 20.8 Å². The quantitative estimate of drug-likeness (QED) is 0.595. The van der Waals surface area contributed by atoms with Gasteiger partial charge in [0.2, 0.25) is 0 Å². The fraction of sp³-hybridized carbons (Fsp3) is 0.455. The van der Waals surface area contributed by atoms with Crippen LogP contribution >= 0.6 is 0 Å². The summed E-state index contributed by atoms with van der Waals surface area (Å²) in [5.41, 5.74) is 1.78. The molecule has 3 aromatic rings. The number of carbonyl (C=O) groups is 1. The van der Waals surface area contributed by atoms with Crippen molar-refractivity contribution in [1.29, 1.82) is 0 Å². The number of aromatic nitrogens is 4. The molecule has 1 aliphatic rings. The van der Waals surface area contributed by atoms with Crippen LogP contribution in [0.15, 0.2) is 28.7 Å². The van der Waals surface area contributed by atoms with Gasteiger partial charge in [-0.15, -0.1) is 0 Å². The second-order valence-corrected chi connectivity index (χ2v) is 7.84. The van der Waals surface area contributed by atoms with Crippen LogP contribution in [0.3, 0.4) is 0 Å². The lowest BCUT2D eigenvalue weighted by Gasteiger charge is -2.23. The van der Waals surface area contributed by atoms with E-state index in [4.69, 9.17) is 13.9 Å². The van der Waals surface area contributed by atoms with E-state index in [1.54, 1.807) is 23.9 Å². The van der Waals surface area contributed by atoms with Crippen LogP contribution in [-0.4, -0.2) is 63.8 Å². The second-order valence-electron chi connectivity index (χ2n) is 7.84. The van der Waals surface area contributed by atoms with Gasteiger partial charge >= 0.3 is 6.09 Å². The number of hydrogen-bond donors (Lipinski definition) is 1. The van der Waals surface area contributed by atoms with Gasteiger partial charge in [-0.1, -0.05) is 0 Å². The summed E-state index contributed by atoms with van der Waals surface area (Å²) in [6.45, 7) is 7.88. The Hall–Kier alpha value is -3.24. The van der Waals surface area contributed by atoms with E-state index in [-0.39, 0.29) is 6.23 Å². The van der Waals surface area contributed by atoms with Crippen LogP contribution in [0.5, 0.6) is 0 Å². The van der Waals surface area contributed by atoms with E-state index >= 15 is 0 Å². The minimum atomic E-state index is -0.570. The SMILES string of the molecule is COCCN1CCC[C@H]1OC(=O)Nc1cc(-n2nc(C)cc2C)nc(-c2ccc(C)o2)n1. The Bertz CT molecular complexity index is 1090. The number of amides is 1. The monoisotopic (exact) mass is 440 g/mol. The third-order valence-corrected chi connectivity index (χ3v) is 5.26. The van der Waals surface area contributed by atoms with E-state index in [9.17, 15) is 4.79 Å². The first-order valence-electron chi connectivity index (χ1n) is 10.6. The maximum Gasteiger partial charge on any atom is 0.414 e. The summed E-state index contributed by atoms with van der Waals surface area (Å²) in [5.74, 6) is 2.42. The van der Waals surface area contributed by atoms with Gasteiger partial charge in [-0.3, -0.25) is 10.2 Å². The molecule has 4 heterocycles. The van der Waals surface area contributed by atoms with Crippen LogP contribution in [-0.2, 0) is 9.47 Å². The van der Waals surface area contributed by atoms with Crippen molar-refractivity contribution in [3.63, 3.8) is 0 Å². The number of nitrogens with one attached hydrogen (secondary N) is 1. The Balaban J connectivity index is 1.58. The molecular formula is C22H28N6O4. The second kappa shape index (κ2) is 9.49. The fourth-order valence-electron chi connectivity index (χ4n) is 3.78. The minimum Gasteiger partial charge on any atom is -0.458 e. The number of carbonyl (C=O) groups excluding carboxylic acids is 1. The molecule has 10 nitrogen and oxygen atoms in total. The van der Waals surface area contributed by atoms with Gasteiger partial charge in [0.15, 0.2) is 23.6 Å². The number of rotatable bonds is 7. The highest BCUT2D eigenvalue weighted by atomic mass is 16.6. The molecule has 0 radical (unpaired) electrons. The first-order valence-corrected chi connectivity index (χ1v) is 10.6. The zero-order valence-corrected chi connectivity index (χ0v) is 18.8. The Morgan fingerprint density at radius 2 is 2.09 bits per heavy atom. The third kappa shape index (κ3) is 4.97. The van der Waals surface area contributed by atoms with Gasteiger partial charge < -0.3 is 13.9 Å². The summed E-state index contributed by atoms with van der Waals surface area (Å²) < 4.78 is 18.2. The fourth-order valence-corrected chi connectivity index (χ4v) is 3.78. The molecule has 3 aromatic heterocycles. The summed E-state index contributed by atoms with van der Waals surface area (Å²) in [6, 6.07) is 7.25. The van der Waals surface area contributed by atoms with E-state index in [0.717, 1.165) is 36.5 Å². The lowest BCUT2D eigenvalue weighted by atomic mass is 10.3. The first-order chi connectivity index (χ1) is 15.4. The predicted molar refractivity (Wildman–Crippen MR) is 118 cm³/mol. The smallest absolute Gasteiger partial charge is 0.414 e. The van der Waals surface area contributed by atoms with Crippen molar-refractivity contribution in [2.45, 2.75) is 39.8 Å². The molecule has 1 fully saturated rings. The Morgan fingerprint density at radius 3 is 2.78 bits per heavy atom.